The van der Waals surface area contributed by atoms with E-state index >= 15 is 0 Å². The SMILES string of the molecule is CCCC/C=C\CCCCCCCC(=O)NC(COP(=O)(O)OCCN)C(O)/C=C/CCCCCCCC. The minimum atomic E-state index is -4.32. The van der Waals surface area contributed by atoms with E-state index in [1.54, 1.807) is 6.08 Å². The summed E-state index contributed by atoms with van der Waals surface area (Å²) >= 11 is 0. The molecule has 3 unspecified atom stereocenters. The number of aliphatic hydroxyl groups is 1. The second-order valence-electron chi connectivity index (χ2n) is 9.96. The van der Waals surface area contributed by atoms with Gasteiger partial charge in [-0.1, -0.05) is 102 Å². The van der Waals surface area contributed by atoms with Crippen LogP contribution in [-0.2, 0) is 18.4 Å². The Hall–Kier alpha value is -1.02. The molecule has 38 heavy (non-hydrogen) atoms. The van der Waals surface area contributed by atoms with Gasteiger partial charge >= 0.3 is 7.82 Å². The molecule has 0 aromatic rings. The lowest BCUT2D eigenvalue weighted by atomic mass is 10.1. The Labute approximate surface area is 232 Å². The first kappa shape index (κ1) is 37.0. The van der Waals surface area contributed by atoms with Crippen LogP contribution in [0.15, 0.2) is 24.3 Å². The number of hydrogen-bond acceptors (Lipinski definition) is 6. The molecule has 5 N–H and O–H groups in total. The van der Waals surface area contributed by atoms with E-state index in [4.69, 9.17) is 14.8 Å². The third-order valence-corrected chi connectivity index (χ3v) is 7.26. The van der Waals surface area contributed by atoms with Gasteiger partial charge in [0.05, 0.1) is 25.4 Å². The number of nitrogens with one attached hydrogen (secondary N) is 1. The molecule has 0 aliphatic heterocycles. The van der Waals surface area contributed by atoms with Crippen molar-refractivity contribution < 1.29 is 28.4 Å². The number of hydrogen-bond donors (Lipinski definition) is 4. The molecule has 8 nitrogen and oxygen atoms in total. The zero-order valence-corrected chi connectivity index (χ0v) is 25.1. The highest BCUT2D eigenvalue weighted by molar-refractivity contribution is 7.47. The predicted octanol–water partition coefficient (Wildman–Crippen LogP) is 6.71. The first-order chi connectivity index (χ1) is 18.4. The van der Waals surface area contributed by atoms with Crippen LogP contribution in [0.4, 0.5) is 0 Å². The molecule has 0 spiro atoms. The van der Waals surface area contributed by atoms with E-state index in [0.717, 1.165) is 57.8 Å². The summed E-state index contributed by atoms with van der Waals surface area (Å²) < 4.78 is 21.8. The van der Waals surface area contributed by atoms with E-state index in [0.29, 0.717) is 6.42 Å². The Kier molecular flexibility index (Phi) is 25.5. The van der Waals surface area contributed by atoms with Crippen molar-refractivity contribution in [3.63, 3.8) is 0 Å². The van der Waals surface area contributed by atoms with Gasteiger partial charge in [0.2, 0.25) is 5.91 Å². The highest BCUT2D eigenvalue weighted by Crippen LogP contribution is 2.43. The van der Waals surface area contributed by atoms with Gasteiger partial charge in [0.1, 0.15) is 0 Å². The molecular formula is C29H57N2O6P. The largest absolute Gasteiger partial charge is 0.472 e. The maximum absolute atomic E-state index is 12.5. The van der Waals surface area contributed by atoms with Crippen LogP contribution in [0, 0.1) is 0 Å². The number of carbonyl (C=O) groups excluding carboxylic acids is 1. The van der Waals surface area contributed by atoms with E-state index < -0.39 is 20.0 Å². The van der Waals surface area contributed by atoms with Gasteiger partial charge in [-0.3, -0.25) is 13.8 Å². The molecule has 0 aromatic heterocycles. The molecule has 0 heterocycles. The van der Waals surface area contributed by atoms with Gasteiger partial charge in [-0.25, -0.2) is 4.57 Å². The number of rotatable bonds is 27. The van der Waals surface area contributed by atoms with Crippen LogP contribution in [0.5, 0.6) is 0 Å². The van der Waals surface area contributed by atoms with Crippen LogP contribution in [0.2, 0.25) is 0 Å². The van der Waals surface area contributed by atoms with E-state index in [9.17, 15) is 19.4 Å². The summed E-state index contributed by atoms with van der Waals surface area (Å²) in [4.78, 5) is 22.3. The van der Waals surface area contributed by atoms with Crippen molar-refractivity contribution in [2.45, 2.75) is 135 Å². The van der Waals surface area contributed by atoms with Crippen molar-refractivity contribution >= 4 is 13.7 Å². The number of nitrogens with two attached hydrogens (primary N) is 1. The van der Waals surface area contributed by atoms with E-state index in [1.807, 2.05) is 6.08 Å². The van der Waals surface area contributed by atoms with Gasteiger partial charge in [-0.05, 0) is 38.5 Å². The fraction of sp³-hybridized carbons (Fsp3) is 0.828. The molecule has 3 atom stereocenters. The fourth-order valence-corrected chi connectivity index (χ4v) is 4.69. The molecule has 0 aromatic carbocycles. The number of carbonyl (C=O) groups is 1. The first-order valence-electron chi connectivity index (χ1n) is 15.0. The Morgan fingerprint density at radius 3 is 2.03 bits per heavy atom. The van der Waals surface area contributed by atoms with Gasteiger partial charge in [0.25, 0.3) is 0 Å². The third kappa shape index (κ3) is 24.1. The summed E-state index contributed by atoms with van der Waals surface area (Å²) in [7, 11) is -4.32. The van der Waals surface area contributed by atoms with Crippen LogP contribution in [-0.4, -0.2) is 47.8 Å². The average molecular weight is 561 g/mol. The van der Waals surface area contributed by atoms with Gasteiger partial charge in [-0.15, -0.1) is 0 Å². The molecule has 0 rings (SSSR count). The first-order valence-corrected chi connectivity index (χ1v) is 16.5. The fourth-order valence-electron chi connectivity index (χ4n) is 3.93. The summed E-state index contributed by atoms with van der Waals surface area (Å²) in [6.07, 6.45) is 25.2. The van der Waals surface area contributed by atoms with E-state index in [1.165, 1.54) is 44.9 Å². The number of aliphatic hydroxyl groups excluding tert-OH is 1. The Morgan fingerprint density at radius 1 is 0.842 bits per heavy atom. The summed E-state index contributed by atoms with van der Waals surface area (Å²) in [5.74, 6) is -0.212. The smallest absolute Gasteiger partial charge is 0.387 e. The molecule has 0 saturated carbocycles. The molecule has 0 bridgehead atoms. The lowest BCUT2D eigenvalue weighted by molar-refractivity contribution is -0.123. The van der Waals surface area contributed by atoms with Crippen LogP contribution in [0.3, 0.4) is 0 Å². The summed E-state index contributed by atoms with van der Waals surface area (Å²) in [5, 5.41) is 13.4. The van der Waals surface area contributed by atoms with E-state index in [-0.39, 0.29) is 25.7 Å². The zero-order valence-electron chi connectivity index (χ0n) is 24.2. The maximum atomic E-state index is 12.5. The van der Waals surface area contributed by atoms with Crippen LogP contribution in [0.25, 0.3) is 0 Å². The lowest BCUT2D eigenvalue weighted by Gasteiger charge is -2.23. The van der Waals surface area contributed by atoms with E-state index in [2.05, 4.69) is 31.3 Å². The molecule has 1 amide bonds. The van der Waals surface area contributed by atoms with Crippen molar-refractivity contribution in [2.24, 2.45) is 5.73 Å². The number of amides is 1. The van der Waals surface area contributed by atoms with Crippen LogP contribution in [0.1, 0.15) is 123 Å². The van der Waals surface area contributed by atoms with Gasteiger partial charge < -0.3 is 21.1 Å². The summed E-state index contributed by atoms with van der Waals surface area (Å²) in [6, 6.07) is -0.857. The Morgan fingerprint density at radius 2 is 1.39 bits per heavy atom. The molecule has 0 fully saturated rings. The molecule has 0 saturated heterocycles. The van der Waals surface area contributed by atoms with Crippen molar-refractivity contribution in [1.82, 2.24) is 5.32 Å². The van der Waals surface area contributed by atoms with Gasteiger partial charge in [-0.2, -0.15) is 0 Å². The monoisotopic (exact) mass is 560 g/mol. The van der Waals surface area contributed by atoms with Crippen molar-refractivity contribution in [3.05, 3.63) is 24.3 Å². The highest BCUT2D eigenvalue weighted by atomic mass is 31.2. The van der Waals surface area contributed by atoms with Crippen LogP contribution < -0.4 is 11.1 Å². The maximum Gasteiger partial charge on any atom is 0.472 e. The molecular weight excluding hydrogens is 503 g/mol. The molecule has 224 valence electrons. The number of unbranched alkanes of at least 4 members (excludes halogenated alkanes) is 13. The number of allylic oxidation sites excluding steroid dienone is 3. The van der Waals surface area contributed by atoms with Crippen molar-refractivity contribution in [1.29, 1.82) is 0 Å². The number of phosphoric acid groups is 1. The lowest BCUT2D eigenvalue weighted by Crippen LogP contribution is -2.45. The minimum Gasteiger partial charge on any atom is -0.387 e. The second-order valence-corrected chi connectivity index (χ2v) is 11.4. The second kappa shape index (κ2) is 26.2. The summed E-state index contributed by atoms with van der Waals surface area (Å²) in [5.41, 5.74) is 5.31. The zero-order chi connectivity index (χ0) is 28.3. The van der Waals surface area contributed by atoms with Crippen LogP contribution >= 0.6 is 7.82 Å². The topological polar surface area (TPSA) is 131 Å². The molecule has 0 radical (unpaired) electrons. The molecule has 0 aliphatic rings. The standard InChI is InChI=1S/C29H57N2O6P/c1-3-5-7-9-11-13-14-15-17-19-21-23-29(33)31-27(26-37-38(34,35)36-25-24-30)28(32)22-20-18-16-12-10-8-6-4-2/h9,11,20,22,27-28,32H,3-8,10,12-19,21,23-26,30H2,1-2H3,(H,31,33)(H,34,35)/b11-9-,22-20+. The van der Waals surface area contributed by atoms with Crippen molar-refractivity contribution in [2.75, 3.05) is 19.8 Å². The van der Waals surface area contributed by atoms with Crippen molar-refractivity contribution in [3.8, 4) is 0 Å². The predicted molar refractivity (Wildman–Crippen MR) is 157 cm³/mol. The minimum absolute atomic E-state index is 0.0769. The normalized spacial score (nSPS) is 15.2. The Bertz CT molecular complexity index is 659. The number of phosphoric ester groups is 1. The average Bonchev–Trinajstić information content (AvgIpc) is 2.89. The van der Waals surface area contributed by atoms with Gasteiger partial charge in [0.15, 0.2) is 0 Å². The Balaban J connectivity index is 4.48. The molecule has 0 aliphatic carbocycles. The highest BCUT2D eigenvalue weighted by Gasteiger charge is 2.26. The molecule has 9 heteroatoms. The summed E-state index contributed by atoms with van der Waals surface area (Å²) in [6.45, 7) is 4.00. The van der Waals surface area contributed by atoms with Gasteiger partial charge in [0, 0.05) is 13.0 Å². The third-order valence-electron chi connectivity index (χ3n) is 6.27. The quantitative estimate of drug-likeness (QED) is 0.0499.